The summed E-state index contributed by atoms with van der Waals surface area (Å²) < 4.78 is 0. The molecule has 1 saturated carbocycles. The molecule has 0 saturated heterocycles. The second kappa shape index (κ2) is 6.27. The zero-order chi connectivity index (χ0) is 12.2. The van der Waals surface area contributed by atoms with Gasteiger partial charge in [-0.1, -0.05) is 13.3 Å². The Kier molecular flexibility index (Phi) is 5.62. The van der Waals surface area contributed by atoms with E-state index < -0.39 is 0 Å². The third-order valence-corrected chi connectivity index (χ3v) is 4.72. The van der Waals surface area contributed by atoms with Crippen LogP contribution in [0.4, 0.5) is 0 Å². The summed E-state index contributed by atoms with van der Waals surface area (Å²) in [7, 11) is 6.71. The SMILES string of the molecule is CCC(CS)CN(C)CC1(N(C)C)CCC1. The van der Waals surface area contributed by atoms with Gasteiger partial charge in [0, 0.05) is 18.6 Å². The minimum absolute atomic E-state index is 0.462. The van der Waals surface area contributed by atoms with E-state index in [1.54, 1.807) is 0 Å². The molecule has 0 amide bonds. The van der Waals surface area contributed by atoms with Gasteiger partial charge in [-0.3, -0.25) is 0 Å². The molecule has 0 heterocycles. The standard InChI is InChI=1S/C13H28N2S/c1-5-12(10-16)9-15(4)11-13(14(2)3)7-6-8-13/h12,16H,5-11H2,1-4H3. The fraction of sp³-hybridized carbons (Fsp3) is 1.00. The van der Waals surface area contributed by atoms with E-state index >= 15 is 0 Å². The maximum atomic E-state index is 4.42. The molecule has 1 rings (SSSR count). The number of thiol groups is 1. The van der Waals surface area contributed by atoms with Gasteiger partial charge >= 0.3 is 0 Å². The predicted octanol–water partition coefficient (Wildman–Crippen LogP) is 2.36. The lowest BCUT2D eigenvalue weighted by Gasteiger charge is -2.49. The molecule has 0 aliphatic heterocycles. The first kappa shape index (κ1) is 14.3. The van der Waals surface area contributed by atoms with Crippen LogP contribution in [0.25, 0.3) is 0 Å². The van der Waals surface area contributed by atoms with Gasteiger partial charge in [-0.25, -0.2) is 0 Å². The van der Waals surface area contributed by atoms with Crippen LogP contribution in [0, 0.1) is 5.92 Å². The Hall–Kier alpha value is 0.270. The largest absolute Gasteiger partial charge is 0.304 e. The highest BCUT2D eigenvalue weighted by molar-refractivity contribution is 7.80. The van der Waals surface area contributed by atoms with Crippen LogP contribution in [-0.4, -0.2) is 55.3 Å². The first-order valence-corrected chi connectivity index (χ1v) is 7.14. The van der Waals surface area contributed by atoms with Gasteiger partial charge in [0.05, 0.1) is 0 Å². The lowest BCUT2D eigenvalue weighted by molar-refractivity contribution is 0.0247. The van der Waals surface area contributed by atoms with E-state index in [4.69, 9.17) is 0 Å². The number of likely N-dealkylation sites (N-methyl/N-ethyl adjacent to an activating group) is 2. The van der Waals surface area contributed by atoms with Crippen molar-refractivity contribution in [3.05, 3.63) is 0 Å². The minimum atomic E-state index is 0.462. The Bertz CT molecular complexity index is 198. The molecular formula is C13H28N2S. The molecule has 0 aromatic rings. The van der Waals surface area contributed by atoms with Gasteiger partial charge in [0.2, 0.25) is 0 Å². The normalized spacial score (nSPS) is 21.2. The molecule has 0 radical (unpaired) electrons. The van der Waals surface area contributed by atoms with Gasteiger partial charge in [0.15, 0.2) is 0 Å². The molecule has 1 atom stereocenters. The summed E-state index contributed by atoms with van der Waals surface area (Å²) in [5.74, 6) is 1.75. The molecule has 96 valence electrons. The zero-order valence-corrected chi connectivity index (χ0v) is 12.3. The van der Waals surface area contributed by atoms with E-state index in [1.165, 1.54) is 38.8 Å². The third kappa shape index (κ3) is 3.38. The van der Waals surface area contributed by atoms with Crippen LogP contribution in [0.5, 0.6) is 0 Å². The molecular weight excluding hydrogens is 216 g/mol. The lowest BCUT2D eigenvalue weighted by atomic mass is 9.75. The van der Waals surface area contributed by atoms with Crippen LogP contribution in [0.15, 0.2) is 0 Å². The molecule has 1 aliphatic rings. The van der Waals surface area contributed by atoms with Crippen LogP contribution < -0.4 is 0 Å². The molecule has 2 nitrogen and oxygen atoms in total. The summed E-state index contributed by atoms with van der Waals surface area (Å²) in [4.78, 5) is 4.93. The maximum Gasteiger partial charge on any atom is 0.0330 e. The van der Waals surface area contributed by atoms with Gasteiger partial charge in [-0.05, 0) is 52.1 Å². The highest BCUT2D eigenvalue weighted by Gasteiger charge is 2.39. The minimum Gasteiger partial charge on any atom is -0.304 e. The average molecular weight is 244 g/mol. The van der Waals surface area contributed by atoms with E-state index in [-0.39, 0.29) is 0 Å². The van der Waals surface area contributed by atoms with Crippen molar-refractivity contribution in [2.24, 2.45) is 5.92 Å². The van der Waals surface area contributed by atoms with Crippen molar-refractivity contribution < 1.29 is 0 Å². The summed E-state index contributed by atoms with van der Waals surface area (Å²) in [6.45, 7) is 4.67. The van der Waals surface area contributed by atoms with E-state index in [2.05, 4.69) is 50.5 Å². The highest BCUT2D eigenvalue weighted by atomic mass is 32.1. The quantitative estimate of drug-likeness (QED) is 0.687. The van der Waals surface area contributed by atoms with E-state index in [1.807, 2.05) is 0 Å². The van der Waals surface area contributed by atoms with Crippen LogP contribution in [0.3, 0.4) is 0 Å². The molecule has 0 N–H and O–H groups in total. The monoisotopic (exact) mass is 244 g/mol. The number of hydrogen-bond donors (Lipinski definition) is 1. The fourth-order valence-electron chi connectivity index (χ4n) is 2.66. The molecule has 3 heteroatoms. The van der Waals surface area contributed by atoms with Crippen molar-refractivity contribution in [3.8, 4) is 0 Å². The van der Waals surface area contributed by atoms with Gasteiger partial charge in [-0.2, -0.15) is 12.6 Å². The molecule has 0 aromatic heterocycles. The smallest absolute Gasteiger partial charge is 0.0330 e. The summed E-state index contributed by atoms with van der Waals surface area (Å²) in [6, 6.07) is 0. The van der Waals surface area contributed by atoms with Crippen molar-refractivity contribution in [2.45, 2.75) is 38.1 Å². The molecule has 1 fully saturated rings. The Morgan fingerprint density at radius 1 is 1.25 bits per heavy atom. The van der Waals surface area contributed by atoms with Gasteiger partial charge in [0.25, 0.3) is 0 Å². The molecule has 1 unspecified atom stereocenters. The van der Waals surface area contributed by atoms with Crippen molar-refractivity contribution in [2.75, 3.05) is 40.0 Å². The predicted molar refractivity (Wildman–Crippen MR) is 75.4 cm³/mol. The Labute approximate surface area is 107 Å². The molecule has 0 spiro atoms. The van der Waals surface area contributed by atoms with Gasteiger partial charge < -0.3 is 9.80 Å². The lowest BCUT2D eigenvalue weighted by Crippen LogP contribution is -2.57. The Morgan fingerprint density at radius 2 is 1.88 bits per heavy atom. The summed E-state index contributed by atoms with van der Waals surface area (Å²) in [6.07, 6.45) is 5.36. The van der Waals surface area contributed by atoms with E-state index in [0.717, 1.165) is 11.7 Å². The first-order valence-electron chi connectivity index (χ1n) is 6.51. The van der Waals surface area contributed by atoms with Crippen molar-refractivity contribution in [3.63, 3.8) is 0 Å². The van der Waals surface area contributed by atoms with E-state index in [0.29, 0.717) is 5.54 Å². The van der Waals surface area contributed by atoms with Crippen LogP contribution in [0.1, 0.15) is 32.6 Å². The summed E-state index contributed by atoms with van der Waals surface area (Å²) in [5, 5.41) is 0. The van der Waals surface area contributed by atoms with Crippen LogP contribution in [0.2, 0.25) is 0 Å². The molecule has 1 aliphatic carbocycles. The second-order valence-electron chi connectivity index (χ2n) is 5.63. The molecule has 0 aromatic carbocycles. The number of rotatable bonds is 7. The van der Waals surface area contributed by atoms with Crippen molar-refractivity contribution >= 4 is 12.6 Å². The van der Waals surface area contributed by atoms with Crippen LogP contribution in [-0.2, 0) is 0 Å². The number of nitrogens with zero attached hydrogens (tertiary/aromatic N) is 2. The topological polar surface area (TPSA) is 6.48 Å². The third-order valence-electron chi connectivity index (χ3n) is 4.20. The first-order chi connectivity index (χ1) is 7.54. The maximum absolute atomic E-state index is 4.42. The van der Waals surface area contributed by atoms with Gasteiger partial charge in [-0.15, -0.1) is 0 Å². The van der Waals surface area contributed by atoms with Crippen LogP contribution >= 0.6 is 12.6 Å². The summed E-state index contributed by atoms with van der Waals surface area (Å²) >= 11 is 4.42. The summed E-state index contributed by atoms with van der Waals surface area (Å²) in [5.41, 5.74) is 0.462. The van der Waals surface area contributed by atoms with E-state index in [9.17, 15) is 0 Å². The zero-order valence-electron chi connectivity index (χ0n) is 11.4. The fourth-order valence-corrected chi connectivity index (χ4v) is 3.03. The van der Waals surface area contributed by atoms with Gasteiger partial charge in [0.1, 0.15) is 0 Å². The Balaban J connectivity index is 2.40. The molecule has 16 heavy (non-hydrogen) atoms. The average Bonchev–Trinajstić information content (AvgIpc) is 2.19. The van der Waals surface area contributed by atoms with Crippen molar-refractivity contribution in [1.29, 1.82) is 0 Å². The highest BCUT2D eigenvalue weighted by Crippen LogP contribution is 2.36. The number of hydrogen-bond acceptors (Lipinski definition) is 3. The molecule has 0 bridgehead atoms. The second-order valence-corrected chi connectivity index (χ2v) is 5.99. The Morgan fingerprint density at radius 3 is 2.19 bits per heavy atom. The van der Waals surface area contributed by atoms with Crippen molar-refractivity contribution in [1.82, 2.24) is 9.80 Å².